The molecule has 11 heavy (non-hydrogen) atoms. The van der Waals surface area contributed by atoms with E-state index in [4.69, 9.17) is 0 Å². The van der Waals surface area contributed by atoms with Crippen LogP contribution in [0.1, 0.15) is 19.3 Å². The molecule has 1 heterocycles. The molecule has 0 radical (unpaired) electrons. The highest BCUT2D eigenvalue weighted by Crippen LogP contribution is 2.18. The zero-order valence-corrected chi connectivity index (χ0v) is 6.21. The van der Waals surface area contributed by atoms with Crippen LogP contribution >= 0.6 is 0 Å². The van der Waals surface area contributed by atoms with Crippen LogP contribution in [0.2, 0.25) is 0 Å². The van der Waals surface area contributed by atoms with E-state index in [-0.39, 0.29) is 12.2 Å². The second kappa shape index (κ2) is 2.62. The summed E-state index contributed by atoms with van der Waals surface area (Å²) in [5.74, 6) is -0.0955. The van der Waals surface area contributed by atoms with Gasteiger partial charge in [0.15, 0.2) is 6.29 Å². The second-order valence-electron chi connectivity index (χ2n) is 2.98. The molecule has 1 unspecified atom stereocenters. The van der Waals surface area contributed by atoms with E-state index < -0.39 is 0 Å². The Morgan fingerprint density at radius 3 is 2.91 bits per heavy atom. The van der Waals surface area contributed by atoms with E-state index in [1.165, 1.54) is 25.5 Å². The molecule has 0 spiro atoms. The maximum absolute atomic E-state index is 10.6. The Balaban J connectivity index is 1.79. The molecule has 2 rings (SSSR count). The number of carbonyl (C=O) groups excluding carboxylic acids is 1. The van der Waals surface area contributed by atoms with Crippen molar-refractivity contribution in [2.24, 2.45) is 4.99 Å². The van der Waals surface area contributed by atoms with Crippen LogP contribution in [-0.4, -0.2) is 24.5 Å². The van der Waals surface area contributed by atoms with E-state index in [2.05, 4.69) is 15.6 Å². The minimum Gasteiger partial charge on any atom is -0.317 e. The molecule has 4 nitrogen and oxygen atoms in total. The lowest BCUT2D eigenvalue weighted by Gasteiger charge is -2.28. The predicted molar refractivity (Wildman–Crippen MR) is 41.2 cm³/mol. The van der Waals surface area contributed by atoms with Gasteiger partial charge in [0.1, 0.15) is 0 Å². The van der Waals surface area contributed by atoms with Crippen LogP contribution in [0.4, 0.5) is 0 Å². The fraction of sp³-hybridized carbons (Fsp3) is 0.714. The molecule has 1 amide bonds. The highest BCUT2D eigenvalue weighted by molar-refractivity contribution is 6.27. The van der Waals surface area contributed by atoms with E-state index in [0.29, 0.717) is 6.04 Å². The van der Waals surface area contributed by atoms with Crippen LogP contribution in [0.3, 0.4) is 0 Å². The van der Waals surface area contributed by atoms with Gasteiger partial charge in [-0.15, -0.1) is 0 Å². The molecule has 0 aromatic heterocycles. The van der Waals surface area contributed by atoms with Crippen LogP contribution in [0.5, 0.6) is 0 Å². The van der Waals surface area contributed by atoms with E-state index in [1.54, 1.807) is 0 Å². The summed E-state index contributed by atoms with van der Waals surface area (Å²) < 4.78 is 0. The molecule has 0 saturated heterocycles. The highest BCUT2D eigenvalue weighted by Gasteiger charge is 2.23. The molecule has 60 valence electrons. The average molecular weight is 153 g/mol. The first-order valence-corrected chi connectivity index (χ1v) is 3.94. The fourth-order valence-electron chi connectivity index (χ4n) is 1.23. The van der Waals surface area contributed by atoms with Gasteiger partial charge in [-0.3, -0.25) is 10.1 Å². The van der Waals surface area contributed by atoms with Crippen molar-refractivity contribution in [1.29, 1.82) is 0 Å². The minimum atomic E-state index is -0.159. The molecule has 1 fully saturated rings. The van der Waals surface area contributed by atoms with Crippen molar-refractivity contribution < 1.29 is 4.79 Å². The Kier molecular flexibility index (Phi) is 1.62. The molecule has 4 heteroatoms. The van der Waals surface area contributed by atoms with Gasteiger partial charge >= 0.3 is 0 Å². The first kappa shape index (κ1) is 6.79. The van der Waals surface area contributed by atoms with Gasteiger partial charge in [0.2, 0.25) is 0 Å². The van der Waals surface area contributed by atoms with Crippen molar-refractivity contribution in [3.05, 3.63) is 0 Å². The van der Waals surface area contributed by atoms with Gasteiger partial charge in [0, 0.05) is 6.04 Å². The molecule has 1 aliphatic heterocycles. The first-order chi connectivity index (χ1) is 5.34. The van der Waals surface area contributed by atoms with Crippen molar-refractivity contribution in [3.63, 3.8) is 0 Å². The number of hydrogen-bond donors (Lipinski definition) is 2. The third-order valence-electron chi connectivity index (χ3n) is 2.12. The summed E-state index contributed by atoms with van der Waals surface area (Å²) in [6, 6.07) is 0.565. The fourth-order valence-corrected chi connectivity index (χ4v) is 1.23. The summed E-state index contributed by atoms with van der Waals surface area (Å²) in [4.78, 5) is 14.6. The molecule has 1 aliphatic carbocycles. The van der Waals surface area contributed by atoms with E-state index in [0.717, 1.165) is 0 Å². The number of hydrogen-bond acceptors (Lipinski definition) is 3. The van der Waals surface area contributed by atoms with Gasteiger partial charge in [0.25, 0.3) is 5.91 Å². The number of rotatable bonds is 2. The molecule has 0 bridgehead atoms. The van der Waals surface area contributed by atoms with Gasteiger partial charge in [-0.1, -0.05) is 6.42 Å². The lowest BCUT2D eigenvalue weighted by atomic mass is 9.93. The number of aliphatic imine (C=N–C) groups is 1. The second-order valence-corrected chi connectivity index (χ2v) is 2.98. The molecule has 1 atom stereocenters. The van der Waals surface area contributed by atoms with Gasteiger partial charge in [0.05, 0.1) is 6.21 Å². The van der Waals surface area contributed by atoms with Gasteiger partial charge in [-0.05, 0) is 12.8 Å². The Morgan fingerprint density at radius 1 is 1.64 bits per heavy atom. The van der Waals surface area contributed by atoms with Crippen molar-refractivity contribution in [2.45, 2.75) is 31.6 Å². The zero-order chi connectivity index (χ0) is 7.68. The maximum atomic E-state index is 10.6. The first-order valence-electron chi connectivity index (χ1n) is 3.94. The van der Waals surface area contributed by atoms with Crippen molar-refractivity contribution in [3.8, 4) is 0 Å². The monoisotopic (exact) mass is 153 g/mol. The summed E-state index contributed by atoms with van der Waals surface area (Å²) in [6.45, 7) is 0. The maximum Gasteiger partial charge on any atom is 0.264 e. The van der Waals surface area contributed by atoms with Crippen molar-refractivity contribution in [2.75, 3.05) is 0 Å². The SMILES string of the molecule is O=C1C=NC(NC2CCC2)N1. The quantitative estimate of drug-likeness (QED) is 0.567. The summed E-state index contributed by atoms with van der Waals surface area (Å²) in [5.41, 5.74) is 0. The Hall–Kier alpha value is -0.900. The lowest BCUT2D eigenvalue weighted by molar-refractivity contribution is -0.114. The third-order valence-corrected chi connectivity index (χ3v) is 2.12. The molecule has 2 aliphatic rings. The topological polar surface area (TPSA) is 53.5 Å². The number of carbonyl (C=O) groups is 1. The van der Waals surface area contributed by atoms with Gasteiger partial charge in [-0.2, -0.15) is 0 Å². The van der Waals surface area contributed by atoms with Crippen LogP contribution in [0, 0.1) is 0 Å². The van der Waals surface area contributed by atoms with E-state index in [1.807, 2.05) is 0 Å². The van der Waals surface area contributed by atoms with Gasteiger partial charge in [-0.25, -0.2) is 4.99 Å². The van der Waals surface area contributed by atoms with Crippen molar-refractivity contribution >= 4 is 12.1 Å². The summed E-state index contributed by atoms with van der Waals surface area (Å²) >= 11 is 0. The van der Waals surface area contributed by atoms with Crippen LogP contribution < -0.4 is 10.6 Å². The van der Waals surface area contributed by atoms with E-state index in [9.17, 15) is 4.79 Å². The summed E-state index contributed by atoms with van der Waals surface area (Å²) in [7, 11) is 0. The smallest absolute Gasteiger partial charge is 0.264 e. The Bertz CT molecular complexity index is 198. The van der Waals surface area contributed by atoms with Crippen molar-refractivity contribution in [1.82, 2.24) is 10.6 Å². The number of nitrogens with one attached hydrogen (secondary N) is 2. The van der Waals surface area contributed by atoms with Crippen LogP contribution in [-0.2, 0) is 4.79 Å². The largest absolute Gasteiger partial charge is 0.317 e. The molecule has 2 N–H and O–H groups in total. The Labute approximate surface area is 65.1 Å². The number of nitrogens with zero attached hydrogens (tertiary/aromatic N) is 1. The number of amides is 1. The van der Waals surface area contributed by atoms with Crippen LogP contribution in [0.15, 0.2) is 4.99 Å². The predicted octanol–water partition coefficient (Wildman–Crippen LogP) is -0.387. The molecule has 1 saturated carbocycles. The van der Waals surface area contributed by atoms with Gasteiger partial charge < -0.3 is 5.32 Å². The van der Waals surface area contributed by atoms with E-state index >= 15 is 0 Å². The van der Waals surface area contributed by atoms with Crippen LogP contribution in [0.25, 0.3) is 0 Å². The summed E-state index contributed by atoms with van der Waals surface area (Å²) in [5, 5.41) is 5.90. The minimum absolute atomic E-state index is 0.0955. The molecule has 0 aromatic rings. The standard InChI is InChI=1S/C7H11N3O/c11-6-4-8-7(10-6)9-5-2-1-3-5/h4-5,7,9H,1-3H2,(H,10,11). The molecular formula is C7H11N3O. The molecular weight excluding hydrogens is 142 g/mol. The Morgan fingerprint density at radius 2 is 2.45 bits per heavy atom. The summed E-state index contributed by atoms with van der Waals surface area (Å²) in [6.07, 6.45) is 4.88. The average Bonchev–Trinajstić information content (AvgIpc) is 2.27. The third kappa shape index (κ3) is 1.40. The zero-order valence-electron chi connectivity index (χ0n) is 6.21. The highest BCUT2D eigenvalue weighted by atomic mass is 16.2. The molecule has 0 aromatic carbocycles. The normalized spacial score (nSPS) is 30.2. The lowest BCUT2D eigenvalue weighted by Crippen LogP contribution is -2.47.